The van der Waals surface area contributed by atoms with Crippen LogP contribution in [0.3, 0.4) is 0 Å². The van der Waals surface area contributed by atoms with Crippen LogP contribution in [-0.4, -0.2) is 25.3 Å². The van der Waals surface area contributed by atoms with E-state index in [1.165, 1.54) is 0 Å². The Morgan fingerprint density at radius 3 is 2.56 bits per heavy atom. The number of benzene rings is 1. The number of aliphatic hydroxyl groups excluding tert-OH is 1. The van der Waals surface area contributed by atoms with Gasteiger partial charge in [-0.15, -0.1) is 0 Å². The van der Waals surface area contributed by atoms with E-state index >= 15 is 0 Å². The smallest absolute Gasteiger partial charge is 0.0640 e. The molecule has 3 N–H and O–H groups in total. The number of anilines is 1. The second-order valence-corrected chi connectivity index (χ2v) is 3.71. The Hall–Kier alpha value is -1.57. The second-order valence-electron chi connectivity index (χ2n) is 3.71. The molecule has 0 aromatic heterocycles. The molecule has 16 heavy (non-hydrogen) atoms. The lowest BCUT2D eigenvalue weighted by Crippen LogP contribution is -2.18. The average Bonchev–Trinajstić information content (AvgIpc) is 2.35. The summed E-state index contributed by atoms with van der Waals surface area (Å²) in [5.41, 5.74) is 7.66. The van der Waals surface area contributed by atoms with Crippen LogP contribution >= 0.6 is 0 Å². The number of nitriles is 1. The minimum atomic E-state index is -0.321. The van der Waals surface area contributed by atoms with Gasteiger partial charge in [0.15, 0.2) is 0 Å². The monoisotopic (exact) mass is 219 g/mol. The van der Waals surface area contributed by atoms with Crippen LogP contribution in [-0.2, 0) is 0 Å². The molecule has 1 aromatic carbocycles. The van der Waals surface area contributed by atoms with Crippen LogP contribution in [0, 0.1) is 11.3 Å². The molecule has 1 aromatic rings. The quantitative estimate of drug-likeness (QED) is 0.775. The fourth-order valence-electron chi connectivity index (χ4n) is 1.43. The number of hydrogen-bond acceptors (Lipinski definition) is 4. The first-order valence-electron chi connectivity index (χ1n) is 5.23. The summed E-state index contributed by atoms with van der Waals surface area (Å²) in [6, 6.07) is 9.49. The van der Waals surface area contributed by atoms with Crippen LogP contribution < -0.4 is 10.6 Å². The number of aliphatic hydroxyl groups is 1. The number of rotatable bonds is 5. The molecule has 86 valence electrons. The SMILES string of the molecule is CN(CCC#N)c1ccc([C@H](N)CO)cc1. The van der Waals surface area contributed by atoms with Crippen molar-refractivity contribution in [3.8, 4) is 6.07 Å². The lowest BCUT2D eigenvalue weighted by molar-refractivity contribution is 0.268. The Bertz CT molecular complexity index is 356. The molecule has 0 aliphatic rings. The molecule has 0 amide bonds. The zero-order valence-electron chi connectivity index (χ0n) is 9.43. The van der Waals surface area contributed by atoms with Gasteiger partial charge in [0, 0.05) is 19.3 Å². The molecule has 0 radical (unpaired) electrons. The van der Waals surface area contributed by atoms with E-state index in [-0.39, 0.29) is 12.6 Å². The Kier molecular flexibility index (Phi) is 4.77. The fourth-order valence-corrected chi connectivity index (χ4v) is 1.43. The molecule has 1 rings (SSSR count). The van der Waals surface area contributed by atoms with Crippen molar-refractivity contribution in [1.29, 1.82) is 5.26 Å². The minimum Gasteiger partial charge on any atom is -0.394 e. The maximum Gasteiger partial charge on any atom is 0.0640 e. The van der Waals surface area contributed by atoms with Gasteiger partial charge in [-0.1, -0.05) is 12.1 Å². The van der Waals surface area contributed by atoms with E-state index in [1.54, 1.807) is 0 Å². The van der Waals surface area contributed by atoms with Crippen molar-refractivity contribution in [3.63, 3.8) is 0 Å². The van der Waals surface area contributed by atoms with Gasteiger partial charge in [-0.05, 0) is 17.7 Å². The van der Waals surface area contributed by atoms with Gasteiger partial charge < -0.3 is 15.7 Å². The van der Waals surface area contributed by atoms with Gasteiger partial charge in [0.1, 0.15) is 0 Å². The summed E-state index contributed by atoms with van der Waals surface area (Å²) >= 11 is 0. The molecule has 4 nitrogen and oxygen atoms in total. The van der Waals surface area contributed by atoms with Crippen LogP contribution in [0.5, 0.6) is 0 Å². The second kappa shape index (κ2) is 6.11. The van der Waals surface area contributed by atoms with Gasteiger partial charge in [-0.2, -0.15) is 5.26 Å². The highest BCUT2D eigenvalue weighted by Gasteiger charge is 2.05. The lowest BCUT2D eigenvalue weighted by atomic mass is 10.1. The minimum absolute atomic E-state index is 0.0520. The van der Waals surface area contributed by atoms with Gasteiger partial charge in [0.05, 0.1) is 25.1 Å². The molecule has 0 saturated carbocycles. The molecule has 0 heterocycles. The predicted octanol–water partition coefficient (Wildman–Crippen LogP) is 1.03. The van der Waals surface area contributed by atoms with E-state index < -0.39 is 0 Å². The Balaban J connectivity index is 2.67. The lowest BCUT2D eigenvalue weighted by Gasteiger charge is -2.18. The van der Waals surface area contributed by atoms with E-state index in [0.717, 1.165) is 11.3 Å². The van der Waals surface area contributed by atoms with Gasteiger partial charge in [0.2, 0.25) is 0 Å². The zero-order chi connectivity index (χ0) is 12.0. The topological polar surface area (TPSA) is 73.3 Å². The summed E-state index contributed by atoms with van der Waals surface area (Å²) in [7, 11) is 1.94. The first-order chi connectivity index (χ1) is 7.69. The molecular formula is C12H17N3O. The van der Waals surface area contributed by atoms with Crippen molar-refractivity contribution in [2.75, 3.05) is 25.1 Å². The molecule has 0 fully saturated rings. The predicted molar refractivity (Wildman–Crippen MR) is 64.0 cm³/mol. The van der Waals surface area contributed by atoms with Crippen molar-refractivity contribution in [1.82, 2.24) is 0 Å². The number of nitrogens with zero attached hydrogens (tertiary/aromatic N) is 2. The van der Waals surface area contributed by atoms with Crippen molar-refractivity contribution in [2.45, 2.75) is 12.5 Å². The van der Waals surface area contributed by atoms with E-state index in [9.17, 15) is 0 Å². The van der Waals surface area contributed by atoms with Crippen LogP contribution in [0.1, 0.15) is 18.0 Å². The largest absolute Gasteiger partial charge is 0.394 e. The van der Waals surface area contributed by atoms with Crippen molar-refractivity contribution >= 4 is 5.69 Å². The van der Waals surface area contributed by atoms with Crippen molar-refractivity contribution < 1.29 is 5.11 Å². The summed E-state index contributed by atoms with van der Waals surface area (Å²) < 4.78 is 0. The first kappa shape index (κ1) is 12.5. The Labute approximate surface area is 95.9 Å². The Morgan fingerprint density at radius 1 is 1.44 bits per heavy atom. The number of hydrogen-bond donors (Lipinski definition) is 2. The molecule has 0 aliphatic carbocycles. The summed E-state index contributed by atoms with van der Waals surface area (Å²) in [4.78, 5) is 2.01. The number of nitrogens with two attached hydrogens (primary N) is 1. The fraction of sp³-hybridized carbons (Fsp3) is 0.417. The van der Waals surface area contributed by atoms with E-state index in [1.807, 2.05) is 36.2 Å². The van der Waals surface area contributed by atoms with E-state index in [2.05, 4.69) is 6.07 Å². The first-order valence-corrected chi connectivity index (χ1v) is 5.23. The third kappa shape index (κ3) is 3.23. The van der Waals surface area contributed by atoms with Crippen LogP contribution in [0.2, 0.25) is 0 Å². The van der Waals surface area contributed by atoms with E-state index in [4.69, 9.17) is 16.1 Å². The standard InChI is InChI=1S/C12H17N3O/c1-15(8-2-7-13)11-5-3-10(4-6-11)12(14)9-16/h3-6,12,16H,2,8-9,14H2,1H3/t12-/m1/s1. The summed E-state index contributed by atoms with van der Waals surface area (Å²) in [6.45, 7) is 0.658. The van der Waals surface area contributed by atoms with Crippen molar-refractivity contribution in [3.05, 3.63) is 29.8 Å². The molecule has 0 saturated heterocycles. The maximum atomic E-state index is 8.91. The molecular weight excluding hydrogens is 202 g/mol. The van der Waals surface area contributed by atoms with Crippen LogP contribution in [0.4, 0.5) is 5.69 Å². The Morgan fingerprint density at radius 2 is 2.06 bits per heavy atom. The molecule has 4 heteroatoms. The van der Waals surface area contributed by atoms with Crippen LogP contribution in [0.25, 0.3) is 0 Å². The highest BCUT2D eigenvalue weighted by Crippen LogP contribution is 2.17. The molecule has 0 unspecified atom stereocenters. The zero-order valence-corrected chi connectivity index (χ0v) is 9.43. The maximum absolute atomic E-state index is 8.91. The molecule has 1 atom stereocenters. The molecule has 0 aliphatic heterocycles. The molecule has 0 spiro atoms. The highest BCUT2D eigenvalue weighted by molar-refractivity contribution is 5.47. The van der Waals surface area contributed by atoms with Crippen molar-refractivity contribution in [2.24, 2.45) is 5.73 Å². The van der Waals surface area contributed by atoms with E-state index in [0.29, 0.717) is 13.0 Å². The van der Waals surface area contributed by atoms with Gasteiger partial charge in [-0.25, -0.2) is 0 Å². The average molecular weight is 219 g/mol. The summed E-state index contributed by atoms with van der Waals surface area (Å²) in [5.74, 6) is 0. The van der Waals surface area contributed by atoms with Gasteiger partial charge >= 0.3 is 0 Å². The van der Waals surface area contributed by atoms with Crippen LogP contribution in [0.15, 0.2) is 24.3 Å². The third-order valence-electron chi connectivity index (χ3n) is 2.52. The van der Waals surface area contributed by atoms with Gasteiger partial charge in [-0.3, -0.25) is 0 Å². The third-order valence-corrected chi connectivity index (χ3v) is 2.52. The summed E-state index contributed by atoms with van der Waals surface area (Å²) in [6.07, 6.45) is 0.508. The van der Waals surface area contributed by atoms with Gasteiger partial charge in [0.25, 0.3) is 0 Å². The molecule has 0 bridgehead atoms. The normalized spacial score (nSPS) is 11.9. The highest BCUT2D eigenvalue weighted by atomic mass is 16.3. The summed E-state index contributed by atoms with van der Waals surface area (Å²) in [5, 5.41) is 17.4.